The number of nitrogens with one attached hydrogen (secondary N) is 2. The van der Waals surface area contributed by atoms with E-state index in [0.717, 1.165) is 16.9 Å². The molecule has 1 aliphatic heterocycles. The van der Waals surface area contributed by atoms with Crippen LogP contribution in [0.25, 0.3) is 0 Å². The topological polar surface area (TPSA) is 71.1 Å². The molecular weight excluding hydrogens is 266 g/mol. The van der Waals surface area contributed by atoms with Crippen LogP contribution in [0.2, 0.25) is 0 Å². The molecule has 5 heteroatoms. The van der Waals surface area contributed by atoms with Crippen LogP contribution in [0.3, 0.4) is 0 Å². The van der Waals surface area contributed by atoms with Gasteiger partial charge in [-0.15, -0.1) is 0 Å². The largest absolute Gasteiger partial charge is 0.344 e. The lowest BCUT2D eigenvalue weighted by Crippen LogP contribution is -2.27. The Balaban J connectivity index is 1.74. The molecule has 1 aromatic heterocycles. The number of nitrogens with zero attached hydrogens (tertiary/aromatic N) is 1. The number of benzene rings is 1. The van der Waals surface area contributed by atoms with E-state index in [1.165, 1.54) is 0 Å². The van der Waals surface area contributed by atoms with E-state index < -0.39 is 0 Å². The Morgan fingerprint density at radius 3 is 2.95 bits per heavy atom. The summed E-state index contributed by atoms with van der Waals surface area (Å²) in [5.41, 5.74) is 3.00. The normalized spacial score (nSPS) is 14.2. The number of pyridine rings is 1. The number of anilines is 1. The Bertz CT molecular complexity index is 698. The van der Waals surface area contributed by atoms with Gasteiger partial charge in [-0.2, -0.15) is 0 Å². The smallest absolute Gasteiger partial charge is 0.251 e. The zero-order valence-electron chi connectivity index (χ0n) is 11.6. The molecule has 5 nitrogen and oxygen atoms in total. The van der Waals surface area contributed by atoms with Crippen LogP contribution in [-0.2, 0) is 11.2 Å². The molecule has 0 aliphatic carbocycles. The van der Waals surface area contributed by atoms with Crippen molar-refractivity contribution in [1.29, 1.82) is 0 Å². The fourth-order valence-corrected chi connectivity index (χ4v) is 2.36. The molecule has 1 atom stereocenters. The Morgan fingerprint density at radius 1 is 1.33 bits per heavy atom. The lowest BCUT2D eigenvalue weighted by Gasteiger charge is -2.13. The second-order valence-corrected chi connectivity index (χ2v) is 5.05. The van der Waals surface area contributed by atoms with Crippen molar-refractivity contribution < 1.29 is 9.59 Å². The van der Waals surface area contributed by atoms with Crippen LogP contribution in [0.15, 0.2) is 42.6 Å². The fraction of sp³-hybridized carbons (Fsp3) is 0.188. The average Bonchev–Trinajstić information content (AvgIpc) is 2.87. The van der Waals surface area contributed by atoms with Gasteiger partial charge in [0.2, 0.25) is 5.91 Å². The maximum atomic E-state index is 12.3. The Hall–Kier alpha value is -2.69. The van der Waals surface area contributed by atoms with Crippen molar-refractivity contribution in [2.75, 3.05) is 5.32 Å². The summed E-state index contributed by atoms with van der Waals surface area (Å²) in [6.45, 7) is 1.89. The first-order chi connectivity index (χ1) is 10.1. The second-order valence-electron chi connectivity index (χ2n) is 5.05. The van der Waals surface area contributed by atoms with Crippen LogP contribution in [0.1, 0.15) is 34.6 Å². The number of hydrogen-bond donors (Lipinski definition) is 2. The number of carbonyl (C=O) groups is 2. The van der Waals surface area contributed by atoms with Crippen molar-refractivity contribution in [2.45, 2.75) is 19.4 Å². The highest BCUT2D eigenvalue weighted by Crippen LogP contribution is 2.24. The molecule has 0 bridgehead atoms. The van der Waals surface area contributed by atoms with E-state index >= 15 is 0 Å². The van der Waals surface area contributed by atoms with Crippen LogP contribution in [-0.4, -0.2) is 16.8 Å². The van der Waals surface area contributed by atoms with Gasteiger partial charge in [-0.1, -0.05) is 6.07 Å². The summed E-state index contributed by atoms with van der Waals surface area (Å²) in [6, 6.07) is 10.7. The van der Waals surface area contributed by atoms with Crippen molar-refractivity contribution >= 4 is 17.5 Å². The third kappa shape index (κ3) is 2.76. The van der Waals surface area contributed by atoms with Gasteiger partial charge in [0.25, 0.3) is 5.91 Å². The minimum atomic E-state index is -0.174. The van der Waals surface area contributed by atoms with Gasteiger partial charge < -0.3 is 10.6 Å². The zero-order valence-corrected chi connectivity index (χ0v) is 11.6. The molecule has 0 fully saturated rings. The van der Waals surface area contributed by atoms with Gasteiger partial charge in [0.1, 0.15) is 0 Å². The first-order valence-corrected chi connectivity index (χ1v) is 6.78. The summed E-state index contributed by atoms with van der Waals surface area (Å²) >= 11 is 0. The third-order valence-electron chi connectivity index (χ3n) is 3.47. The average molecular weight is 281 g/mol. The third-order valence-corrected chi connectivity index (χ3v) is 3.47. The first kappa shape index (κ1) is 13.3. The summed E-state index contributed by atoms with van der Waals surface area (Å²) in [5.74, 6) is -0.209. The van der Waals surface area contributed by atoms with Gasteiger partial charge >= 0.3 is 0 Å². The molecule has 0 saturated heterocycles. The minimum Gasteiger partial charge on any atom is -0.344 e. The van der Waals surface area contributed by atoms with E-state index in [2.05, 4.69) is 15.6 Å². The van der Waals surface area contributed by atoms with Gasteiger partial charge in [-0.3, -0.25) is 14.6 Å². The number of amides is 2. The molecule has 3 rings (SSSR count). The molecule has 106 valence electrons. The molecule has 2 amide bonds. The summed E-state index contributed by atoms with van der Waals surface area (Å²) in [6.07, 6.45) is 2.02. The van der Waals surface area contributed by atoms with E-state index in [4.69, 9.17) is 0 Å². The summed E-state index contributed by atoms with van der Waals surface area (Å²) in [4.78, 5) is 27.8. The van der Waals surface area contributed by atoms with E-state index in [9.17, 15) is 9.59 Å². The molecule has 1 aromatic carbocycles. The maximum Gasteiger partial charge on any atom is 0.251 e. The van der Waals surface area contributed by atoms with E-state index in [0.29, 0.717) is 12.0 Å². The predicted molar refractivity (Wildman–Crippen MR) is 78.9 cm³/mol. The molecule has 1 aliphatic rings. The van der Waals surface area contributed by atoms with E-state index in [1.54, 1.807) is 24.4 Å². The first-order valence-electron chi connectivity index (χ1n) is 6.78. The lowest BCUT2D eigenvalue weighted by molar-refractivity contribution is -0.115. The van der Waals surface area contributed by atoms with Gasteiger partial charge in [0, 0.05) is 17.4 Å². The standard InChI is InChI=1S/C16H15N3O2/c1-10(13-4-2-3-7-17-13)18-16(21)11-5-6-14-12(8-11)9-15(20)19-14/h2-8,10H,9H2,1H3,(H,18,21)(H,19,20)/t10-/m1/s1. The maximum absolute atomic E-state index is 12.3. The van der Waals surface area contributed by atoms with Gasteiger partial charge in [-0.25, -0.2) is 0 Å². The zero-order chi connectivity index (χ0) is 14.8. The number of rotatable bonds is 3. The predicted octanol–water partition coefficient (Wildman–Crippen LogP) is 2.07. The number of fused-ring (bicyclic) bond motifs is 1. The van der Waals surface area contributed by atoms with Crippen molar-refractivity contribution in [2.24, 2.45) is 0 Å². The molecule has 21 heavy (non-hydrogen) atoms. The second kappa shape index (κ2) is 5.36. The fourth-order valence-electron chi connectivity index (χ4n) is 2.36. The molecule has 0 radical (unpaired) electrons. The molecule has 0 spiro atoms. The van der Waals surface area contributed by atoms with Crippen LogP contribution < -0.4 is 10.6 Å². The number of hydrogen-bond acceptors (Lipinski definition) is 3. The molecule has 2 aromatic rings. The van der Waals surface area contributed by atoms with E-state index in [1.807, 2.05) is 25.1 Å². The SMILES string of the molecule is C[C@@H](NC(=O)c1ccc2c(c1)CC(=O)N2)c1ccccn1. The van der Waals surface area contributed by atoms with Crippen LogP contribution >= 0.6 is 0 Å². The molecular formula is C16H15N3O2. The highest BCUT2D eigenvalue weighted by molar-refractivity contribution is 6.01. The van der Waals surface area contributed by atoms with Crippen molar-refractivity contribution in [3.63, 3.8) is 0 Å². The van der Waals surface area contributed by atoms with Crippen LogP contribution in [0.5, 0.6) is 0 Å². The van der Waals surface area contributed by atoms with E-state index in [-0.39, 0.29) is 17.9 Å². The Labute approximate surface area is 122 Å². The van der Waals surface area contributed by atoms with Crippen LogP contribution in [0, 0.1) is 0 Å². The molecule has 0 unspecified atom stereocenters. The molecule has 2 heterocycles. The van der Waals surface area contributed by atoms with Crippen molar-refractivity contribution in [1.82, 2.24) is 10.3 Å². The summed E-state index contributed by atoms with van der Waals surface area (Å²) < 4.78 is 0. The number of aromatic nitrogens is 1. The van der Waals surface area contributed by atoms with Gasteiger partial charge in [0.15, 0.2) is 0 Å². The number of carbonyl (C=O) groups excluding carboxylic acids is 2. The lowest BCUT2D eigenvalue weighted by atomic mass is 10.1. The monoisotopic (exact) mass is 281 g/mol. The van der Waals surface area contributed by atoms with Crippen molar-refractivity contribution in [3.05, 3.63) is 59.4 Å². The quantitative estimate of drug-likeness (QED) is 0.904. The highest BCUT2D eigenvalue weighted by atomic mass is 16.2. The summed E-state index contributed by atoms with van der Waals surface area (Å²) in [7, 11) is 0. The minimum absolute atomic E-state index is 0.0376. The molecule has 0 saturated carbocycles. The highest BCUT2D eigenvalue weighted by Gasteiger charge is 2.20. The molecule has 2 N–H and O–H groups in total. The van der Waals surface area contributed by atoms with Crippen molar-refractivity contribution in [3.8, 4) is 0 Å². The summed E-state index contributed by atoms with van der Waals surface area (Å²) in [5, 5.41) is 5.66. The Morgan fingerprint density at radius 2 is 2.19 bits per heavy atom. The van der Waals surface area contributed by atoms with Gasteiger partial charge in [-0.05, 0) is 42.8 Å². The van der Waals surface area contributed by atoms with Gasteiger partial charge in [0.05, 0.1) is 18.2 Å². The Kier molecular flexibility index (Phi) is 3.39. The van der Waals surface area contributed by atoms with Crippen LogP contribution in [0.4, 0.5) is 5.69 Å².